The zero-order valence-electron chi connectivity index (χ0n) is 37.6. The molecule has 0 amide bonds. The lowest BCUT2D eigenvalue weighted by Gasteiger charge is -2.27. The molecule has 4 aliphatic carbocycles. The van der Waals surface area contributed by atoms with E-state index < -0.39 is 0 Å². The maximum Gasteiger partial charge on any atom is 0.0633 e. The van der Waals surface area contributed by atoms with Crippen LogP contribution < -0.4 is 16.4 Å². The molecule has 2 heterocycles. The summed E-state index contributed by atoms with van der Waals surface area (Å²) < 4.78 is 0. The Labute approximate surface area is 381 Å². The van der Waals surface area contributed by atoms with Gasteiger partial charge in [0.2, 0.25) is 0 Å². The Morgan fingerprint density at radius 2 is 1.03 bits per heavy atom. The van der Waals surface area contributed by atoms with Crippen molar-refractivity contribution in [1.82, 2.24) is 15.5 Å². The van der Waals surface area contributed by atoms with Crippen molar-refractivity contribution in [2.45, 2.75) is 154 Å². The fourth-order valence-corrected chi connectivity index (χ4v) is 9.03. The summed E-state index contributed by atoms with van der Waals surface area (Å²) in [4.78, 5) is 10.7. The predicted molar refractivity (Wildman–Crippen MR) is 256 cm³/mol. The summed E-state index contributed by atoms with van der Waals surface area (Å²) in [5.41, 5.74) is 32.6. The topological polar surface area (TPSA) is 220 Å². The Balaban J connectivity index is 0.000000202. The van der Waals surface area contributed by atoms with Gasteiger partial charge in [-0.2, -0.15) is 0 Å². The summed E-state index contributed by atoms with van der Waals surface area (Å²) in [6.07, 6.45) is 17.1. The van der Waals surface area contributed by atoms with E-state index in [1.165, 1.54) is 88.4 Å². The van der Waals surface area contributed by atoms with Crippen LogP contribution in [-0.4, -0.2) is 79.5 Å². The molecule has 2 saturated heterocycles. The molecule has 8 rings (SSSR count). The van der Waals surface area contributed by atoms with Gasteiger partial charge in [0.25, 0.3) is 0 Å². The van der Waals surface area contributed by atoms with E-state index in [1.54, 1.807) is 0 Å². The number of halogens is 2. The maximum atomic E-state index is 9.06. The molecule has 0 unspecified atom stereocenters. The molecule has 6 aliphatic rings. The molecule has 0 spiro atoms. The van der Waals surface area contributed by atoms with Gasteiger partial charge in [0.1, 0.15) is 0 Å². The third-order valence-electron chi connectivity index (χ3n) is 13.0. The fourth-order valence-electron chi connectivity index (χ4n) is 8.78. The summed E-state index contributed by atoms with van der Waals surface area (Å²) in [6.45, 7) is 14.4. The second-order valence-electron chi connectivity index (χ2n) is 17.9. The van der Waals surface area contributed by atoms with E-state index in [-0.39, 0.29) is 24.2 Å². The number of benzene rings is 2. The van der Waals surface area contributed by atoms with Crippen LogP contribution in [0.1, 0.15) is 122 Å². The molecule has 0 bridgehead atoms. The highest BCUT2D eigenvalue weighted by atomic mass is 35.5. The summed E-state index contributed by atoms with van der Waals surface area (Å²) >= 11 is 11.7. The standard InChI is InChI=1S/C12H16ClN.C11H15ClN2.2C6H11N3.C6H13N.C5H9N3O/c13-12-3-1-10(2-4-12)9-11-5-7-14-8-6-11;12-11-3-1-10(2-4-11)9-14-7-5-13-6-8-14;2*1-5-3-2-4-6(5)8-9-7;1-5-3-2-4-6(5)7;6-8-7-4-2-1-3-5(4)9/h1-4,11,14H,5-9H2;1-4,13H,5-9H2;2*5-6H,2-4H2,1H3;5-6H,2-4,7H2,1H3;4-5,9H,1-3H2/t;;5-,6+;5-,6-;5-,6+;4-,5-/m..0101/s1. The fraction of sp³-hybridized carbons (Fsp3) is 0.739. The normalized spacial score (nSPS) is 27.8. The minimum atomic E-state index is -0.388. The minimum absolute atomic E-state index is 0.157. The van der Waals surface area contributed by atoms with Gasteiger partial charge < -0.3 is 21.5 Å². The first-order valence-electron chi connectivity index (χ1n) is 23.2. The number of aliphatic hydroxyl groups excluding tert-OH is 1. The molecular weight excluding hydrogens is 822 g/mol. The van der Waals surface area contributed by atoms with Gasteiger partial charge in [0.05, 0.1) is 12.1 Å². The second-order valence-corrected chi connectivity index (χ2v) is 18.8. The van der Waals surface area contributed by atoms with Crippen LogP contribution >= 0.6 is 23.2 Å². The number of azide groups is 3. The van der Waals surface area contributed by atoms with E-state index in [2.05, 4.69) is 90.6 Å². The third kappa shape index (κ3) is 21.9. The van der Waals surface area contributed by atoms with Crippen molar-refractivity contribution in [3.63, 3.8) is 0 Å². The molecule has 16 heteroatoms. The van der Waals surface area contributed by atoms with E-state index in [4.69, 9.17) is 50.6 Å². The van der Waals surface area contributed by atoms with Crippen molar-refractivity contribution in [3.05, 3.63) is 101 Å². The Kier molecular flexibility index (Phi) is 27.0. The van der Waals surface area contributed by atoms with Crippen LogP contribution in [0.2, 0.25) is 10.0 Å². The lowest BCUT2D eigenvalue weighted by molar-refractivity contribution is 0.165. The summed E-state index contributed by atoms with van der Waals surface area (Å²) in [7, 11) is 0. The number of nitrogens with two attached hydrogens (primary N) is 1. The highest BCUT2D eigenvalue weighted by Crippen LogP contribution is 2.28. The van der Waals surface area contributed by atoms with Gasteiger partial charge >= 0.3 is 0 Å². The van der Waals surface area contributed by atoms with Crippen LogP contribution in [0.25, 0.3) is 31.3 Å². The minimum Gasteiger partial charge on any atom is -0.393 e. The lowest BCUT2D eigenvalue weighted by atomic mass is 9.91. The summed E-state index contributed by atoms with van der Waals surface area (Å²) in [5.74, 6) is 2.87. The Bertz CT molecular complexity index is 1490. The predicted octanol–water partition coefficient (Wildman–Crippen LogP) is 11.9. The highest BCUT2D eigenvalue weighted by Gasteiger charge is 2.24. The van der Waals surface area contributed by atoms with Gasteiger partial charge in [-0.3, -0.25) is 4.90 Å². The molecule has 2 aliphatic heterocycles. The van der Waals surface area contributed by atoms with Gasteiger partial charge in [0.15, 0.2) is 0 Å². The summed E-state index contributed by atoms with van der Waals surface area (Å²) in [5, 5.41) is 28.2. The smallest absolute Gasteiger partial charge is 0.0633 e. The first-order chi connectivity index (χ1) is 30.0. The third-order valence-corrected chi connectivity index (χ3v) is 13.5. The second kappa shape index (κ2) is 31.6. The highest BCUT2D eigenvalue weighted by molar-refractivity contribution is 6.30. The van der Waals surface area contributed by atoms with Gasteiger partial charge in [-0.25, -0.2) is 0 Å². The van der Waals surface area contributed by atoms with Crippen LogP contribution in [-0.2, 0) is 13.0 Å². The van der Waals surface area contributed by atoms with E-state index in [9.17, 15) is 0 Å². The van der Waals surface area contributed by atoms with E-state index >= 15 is 0 Å². The average Bonchev–Trinajstić information content (AvgIpc) is 4.09. The van der Waals surface area contributed by atoms with Crippen LogP contribution in [0.15, 0.2) is 63.9 Å². The molecule has 4 saturated carbocycles. The average molecular weight is 897 g/mol. The molecule has 2 aromatic carbocycles. The van der Waals surface area contributed by atoms with Gasteiger partial charge in [-0.1, -0.05) is 122 Å². The SMILES string of the molecule is C[C@@H]1CCC[C@H]1N=[N+]=[N-].C[C@H]1CCC[C@H]1N.C[C@H]1CCC[C@H]1N=[N+]=[N-].Clc1ccc(CC2CCNCC2)cc1.Clc1ccc(CN2CCNCC2)cc1.[N-]=[N+]=N[C@@H]1CCC[C@H]1O. The molecule has 6 fully saturated rings. The quantitative estimate of drug-likeness (QED) is 0.121. The van der Waals surface area contributed by atoms with Crippen molar-refractivity contribution in [1.29, 1.82) is 0 Å². The number of piperidine rings is 1. The Hall–Kier alpha value is -3.25. The number of rotatable bonds is 7. The zero-order chi connectivity index (χ0) is 45.0. The van der Waals surface area contributed by atoms with Gasteiger partial charge in [0, 0.05) is 75.6 Å². The number of nitrogens with zero attached hydrogens (tertiary/aromatic N) is 10. The van der Waals surface area contributed by atoms with Crippen LogP contribution in [0, 0.1) is 23.7 Å². The van der Waals surface area contributed by atoms with Crippen LogP contribution in [0.3, 0.4) is 0 Å². The molecule has 0 aromatic heterocycles. The molecule has 344 valence electrons. The maximum absolute atomic E-state index is 9.06. The van der Waals surface area contributed by atoms with E-state index in [1.807, 2.05) is 24.3 Å². The van der Waals surface area contributed by atoms with Crippen molar-refractivity contribution in [2.75, 3.05) is 39.3 Å². The first-order valence-corrected chi connectivity index (χ1v) is 24.0. The van der Waals surface area contributed by atoms with Crippen molar-refractivity contribution in [2.24, 2.45) is 44.7 Å². The van der Waals surface area contributed by atoms with Crippen molar-refractivity contribution < 1.29 is 5.11 Å². The number of hydrogen-bond acceptors (Lipinski definition) is 8. The molecule has 62 heavy (non-hydrogen) atoms. The van der Waals surface area contributed by atoms with E-state index in [0.29, 0.717) is 17.9 Å². The summed E-state index contributed by atoms with van der Waals surface area (Å²) in [6, 6.07) is 17.3. The van der Waals surface area contributed by atoms with Crippen molar-refractivity contribution in [3.8, 4) is 0 Å². The van der Waals surface area contributed by atoms with Gasteiger partial charge in [-0.15, -0.1) is 0 Å². The molecule has 0 radical (unpaired) electrons. The van der Waals surface area contributed by atoms with Crippen LogP contribution in [0.4, 0.5) is 0 Å². The van der Waals surface area contributed by atoms with E-state index in [0.717, 1.165) is 86.7 Å². The number of piperazine rings is 1. The molecule has 2 aromatic rings. The largest absolute Gasteiger partial charge is 0.393 e. The molecule has 8 atom stereocenters. The number of aliphatic hydroxyl groups is 1. The Morgan fingerprint density at radius 1 is 0.597 bits per heavy atom. The number of nitrogens with one attached hydrogen (secondary N) is 2. The molecule has 5 N–H and O–H groups in total. The van der Waals surface area contributed by atoms with Crippen LogP contribution in [0.5, 0.6) is 0 Å². The van der Waals surface area contributed by atoms with Crippen molar-refractivity contribution >= 4 is 23.2 Å². The Morgan fingerprint density at radius 3 is 1.44 bits per heavy atom. The zero-order valence-corrected chi connectivity index (χ0v) is 39.1. The molecule has 14 nitrogen and oxygen atoms in total. The lowest BCUT2D eigenvalue weighted by Crippen LogP contribution is -2.42. The molecular formula is C46H75Cl2N13O. The first kappa shape index (κ1) is 53.1. The monoisotopic (exact) mass is 896 g/mol. The number of hydrogen-bond donors (Lipinski definition) is 4. The van der Waals surface area contributed by atoms with Gasteiger partial charge in [-0.05, 0) is 147 Å².